The lowest BCUT2D eigenvalue weighted by atomic mass is 10.0. The van der Waals surface area contributed by atoms with Gasteiger partial charge in [-0.2, -0.15) is 0 Å². The van der Waals surface area contributed by atoms with Gasteiger partial charge in [0.1, 0.15) is 0 Å². The third kappa shape index (κ3) is 3.55. The maximum Gasteiger partial charge on any atom is 0.220 e. The van der Waals surface area contributed by atoms with Crippen LogP contribution >= 0.6 is 23.2 Å². The Bertz CT molecular complexity index is 902. The van der Waals surface area contributed by atoms with Crippen molar-refractivity contribution in [2.24, 2.45) is 0 Å². The molecule has 2 nitrogen and oxygen atoms in total. The maximum atomic E-state index is 12.0. The van der Waals surface area contributed by atoms with Crippen molar-refractivity contribution in [3.63, 3.8) is 0 Å². The van der Waals surface area contributed by atoms with Crippen LogP contribution in [0.15, 0.2) is 71.5 Å². The van der Waals surface area contributed by atoms with E-state index >= 15 is 0 Å². The summed E-state index contributed by atoms with van der Waals surface area (Å²) in [6.45, 7) is 0. The molecule has 0 saturated carbocycles. The van der Waals surface area contributed by atoms with E-state index in [2.05, 4.69) is 0 Å². The molecule has 0 heterocycles. The van der Waals surface area contributed by atoms with Crippen LogP contribution in [0.2, 0.25) is 10.0 Å². The second-order valence-electron chi connectivity index (χ2n) is 5.11. The van der Waals surface area contributed by atoms with Crippen LogP contribution in [0.3, 0.4) is 0 Å². The first-order valence-electron chi connectivity index (χ1n) is 6.93. The zero-order valence-corrected chi connectivity index (χ0v) is 13.5. The van der Waals surface area contributed by atoms with E-state index in [0.29, 0.717) is 15.6 Å². The molecule has 1 N–H and O–H groups in total. The molecule has 0 aliphatic carbocycles. The Morgan fingerprint density at radius 1 is 0.609 bits per heavy atom. The van der Waals surface area contributed by atoms with Crippen LogP contribution < -0.4 is 5.43 Å². The van der Waals surface area contributed by atoms with Crippen molar-refractivity contribution in [3.05, 3.63) is 87.0 Å². The van der Waals surface area contributed by atoms with Crippen molar-refractivity contribution < 1.29 is 5.11 Å². The van der Waals surface area contributed by atoms with Gasteiger partial charge >= 0.3 is 0 Å². The molecule has 0 amide bonds. The lowest BCUT2D eigenvalue weighted by molar-refractivity contribution is 0.471. The molecule has 23 heavy (non-hydrogen) atoms. The Hall–Kier alpha value is -2.29. The molecule has 0 bridgehead atoms. The minimum Gasteiger partial charge on any atom is -0.504 e. The van der Waals surface area contributed by atoms with Gasteiger partial charge in [-0.1, -0.05) is 47.5 Å². The summed E-state index contributed by atoms with van der Waals surface area (Å²) in [6, 6.07) is 19.1. The van der Waals surface area contributed by atoms with Crippen molar-refractivity contribution in [1.82, 2.24) is 0 Å². The first-order valence-corrected chi connectivity index (χ1v) is 7.69. The minimum atomic E-state index is -0.435. The summed E-state index contributed by atoms with van der Waals surface area (Å²) in [5, 5.41) is 11.2. The van der Waals surface area contributed by atoms with Gasteiger partial charge in [0.25, 0.3) is 0 Å². The molecule has 0 unspecified atom stereocenters. The SMILES string of the molecule is O=c1cc(-c2ccc(Cl)cc2)cc(-c2ccc(Cl)cc2)cc1O. The fraction of sp³-hybridized carbons (Fsp3) is 0. The molecule has 4 heteroatoms. The van der Waals surface area contributed by atoms with Crippen molar-refractivity contribution in [3.8, 4) is 28.0 Å². The van der Waals surface area contributed by atoms with Gasteiger partial charge < -0.3 is 5.11 Å². The van der Waals surface area contributed by atoms with Crippen LogP contribution in [-0.4, -0.2) is 5.11 Å². The molecule has 0 atom stereocenters. The number of halogens is 2. The smallest absolute Gasteiger partial charge is 0.220 e. The van der Waals surface area contributed by atoms with E-state index in [1.165, 1.54) is 12.1 Å². The fourth-order valence-electron chi connectivity index (χ4n) is 2.30. The van der Waals surface area contributed by atoms with Crippen molar-refractivity contribution in [2.75, 3.05) is 0 Å². The molecule has 0 aliphatic heterocycles. The predicted molar refractivity (Wildman–Crippen MR) is 95.3 cm³/mol. The fourth-order valence-corrected chi connectivity index (χ4v) is 2.55. The second kappa shape index (κ2) is 6.45. The van der Waals surface area contributed by atoms with Crippen molar-refractivity contribution >= 4 is 23.2 Å². The zero-order valence-electron chi connectivity index (χ0n) is 12.0. The maximum absolute atomic E-state index is 12.0. The summed E-state index contributed by atoms with van der Waals surface area (Å²) in [7, 11) is 0. The average Bonchev–Trinajstić information content (AvgIpc) is 2.68. The van der Waals surface area contributed by atoms with E-state index in [4.69, 9.17) is 23.2 Å². The summed E-state index contributed by atoms with van der Waals surface area (Å²) in [4.78, 5) is 12.0. The van der Waals surface area contributed by atoms with Crippen LogP contribution in [-0.2, 0) is 0 Å². The molecule has 0 aliphatic rings. The molecule has 0 fully saturated rings. The van der Waals surface area contributed by atoms with Gasteiger partial charge in [0.15, 0.2) is 5.75 Å². The Kier molecular flexibility index (Phi) is 4.37. The minimum absolute atomic E-state index is 0.296. The first-order chi connectivity index (χ1) is 11.0. The Morgan fingerprint density at radius 3 is 1.52 bits per heavy atom. The zero-order chi connectivity index (χ0) is 16.4. The summed E-state index contributed by atoms with van der Waals surface area (Å²) < 4.78 is 0. The molecule has 0 aromatic heterocycles. The average molecular weight is 343 g/mol. The Morgan fingerprint density at radius 2 is 1.04 bits per heavy atom. The highest BCUT2D eigenvalue weighted by Gasteiger charge is 2.06. The lowest BCUT2D eigenvalue weighted by Crippen LogP contribution is -1.93. The number of rotatable bonds is 2. The second-order valence-corrected chi connectivity index (χ2v) is 5.98. The van der Waals surface area contributed by atoms with Crippen LogP contribution in [0.1, 0.15) is 0 Å². The topological polar surface area (TPSA) is 37.3 Å². The molecule has 0 radical (unpaired) electrons. The normalized spacial score (nSPS) is 10.5. The van der Waals surface area contributed by atoms with E-state index in [9.17, 15) is 9.90 Å². The van der Waals surface area contributed by atoms with Crippen LogP contribution in [0.5, 0.6) is 5.75 Å². The molecule has 3 aromatic carbocycles. The van der Waals surface area contributed by atoms with E-state index in [-0.39, 0.29) is 5.75 Å². The number of hydrogen-bond donors (Lipinski definition) is 1. The van der Waals surface area contributed by atoms with Crippen LogP contribution in [0.4, 0.5) is 0 Å². The third-order valence-corrected chi connectivity index (χ3v) is 4.00. The third-order valence-electron chi connectivity index (χ3n) is 3.50. The highest BCUT2D eigenvalue weighted by molar-refractivity contribution is 6.30. The van der Waals surface area contributed by atoms with E-state index < -0.39 is 5.43 Å². The monoisotopic (exact) mass is 342 g/mol. The molecule has 3 rings (SSSR count). The van der Waals surface area contributed by atoms with Gasteiger partial charge in [-0.25, -0.2) is 0 Å². The highest BCUT2D eigenvalue weighted by atomic mass is 35.5. The quantitative estimate of drug-likeness (QED) is 0.677. The largest absolute Gasteiger partial charge is 0.504 e. The summed E-state index contributed by atoms with van der Waals surface area (Å²) >= 11 is 11.8. The van der Waals surface area contributed by atoms with Crippen molar-refractivity contribution in [1.29, 1.82) is 0 Å². The van der Waals surface area contributed by atoms with Gasteiger partial charge in [-0.15, -0.1) is 0 Å². The molecular weight excluding hydrogens is 331 g/mol. The Balaban J connectivity index is 2.21. The van der Waals surface area contributed by atoms with E-state index in [1.54, 1.807) is 24.3 Å². The van der Waals surface area contributed by atoms with Gasteiger partial charge in [0, 0.05) is 10.0 Å². The van der Waals surface area contributed by atoms with Gasteiger partial charge in [0.2, 0.25) is 5.43 Å². The van der Waals surface area contributed by atoms with E-state index in [1.807, 2.05) is 30.3 Å². The number of hydrogen-bond acceptors (Lipinski definition) is 2. The molecule has 114 valence electrons. The number of aromatic hydroxyl groups is 1. The lowest BCUT2D eigenvalue weighted by Gasteiger charge is -2.03. The van der Waals surface area contributed by atoms with Crippen LogP contribution in [0, 0.1) is 0 Å². The molecular formula is C19H12Cl2O2. The van der Waals surface area contributed by atoms with E-state index in [0.717, 1.165) is 16.7 Å². The van der Waals surface area contributed by atoms with Gasteiger partial charge in [-0.3, -0.25) is 4.79 Å². The number of benzene rings is 2. The molecule has 3 aromatic rings. The standard InChI is InChI=1S/C19H12Cl2O2/c20-16-5-1-12(2-6-16)14-9-15(11-19(23)18(22)10-14)13-3-7-17(21)8-4-13/h1-11H,(H,22,23). The molecule has 0 saturated heterocycles. The van der Waals surface area contributed by atoms with Gasteiger partial charge in [-0.05, 0) is 64.7 Å². The Labute approximate surface area is 143 Å². The highest BCUT2D eigenvalue weighted by Crippen LogP contribution is 2.28. The van der Waals surface area contributed by atoms with Crippen LogP contribution in [0.25, 0.3) is 22.3 Å². The van der Waals surface area contributed by atoms with Gasteiger partial charge in [0.05, 0.1) is 0 Å². The molecule has 0 spiro atoms. The summed E-state index contributed by atoms with van der Waals surface area (Å²) in [5.74, 6) is -0.296. The summed E-state index contributed by atoms with van der Waals surface area (Å²) in [5.41, 5.74) is 2.70. The first kappa shape index (κ1) is 15.6. The predicted octanol–water partition coefficient (Wildman–Crippen LogP) is 5.39. The van der Waals surface area contributed by atoms with Crippen molar-refractivity contribution in [2.45, 2.75) is 0 Å². The summed E-state index contributed by atoms with van der Waals surface area (Å²) in [6.07, 6.45) is 0.